The minimum absolute atomic E-state index is 0.109. The van der Waals surface area contributed by atoms with Crippen LogP contribution in [0.1, 0.15) is 26.3 Å². The standard InChI is InChI=1S/C14H22N2O/c1-11-7-5-6-8-12(11)16(10-9-15)13(17)14(2,3)4/h5-8H,9-10,15H2,1-4H3. The fraction of sp³-hybridized carbons (Fsp3) is 0.500. The van der Waals surface area contributed by atoms with Gasteiger partial charge in [0.05, 0.1) is 0 Å². The maximum absolute atomic E-state index is 12.4. The molecule has 0 fully saturated rings. The largest absolute Gasteiger partial charge is 0.329 e. The highest BCUT2D eigenvalue weighted by Crippen LogP contribution is 2.25. The molecule has 0 atom stereocenters. The van der Waals surface area contributed by atoms with E-state index in [9.17, 15) is 4.79 Å². The molecule has 0 aliphatic carbocycles. The molecule has 1 rings (SSSR count). The second kappa shape index (κ2) is 5.32. The monoisotopic (exact) mass is 234 g/mol. The van der Waals surface area contributed by atoms with Crippen LogP contribution in [0.5, 0.6) is 0 Å². The molecule has 3 nitrogen and oxygen atoms in total. The van der Waals surface area contributed by atoms with Gasteiger partial charge in [-0.1, -0.05) is 39.0 Å². The molecule has 0 heterocycles. The zero-order valence-electron chi connectivity index (χ0n) is 11.2. The molecule has 17 heavy (non-hydrogen) atoms. The summed E-state index contributed by atoms with van der Waals surface area (Å²) in [7, 11) is 0. The average molecular weight is 234 g/mol. The summed E-state index contributed by atoms with van der Waals surface area (Å²) in [5.41, 5.74) is 7.26. The lowest BCUT2D eigenvalue weighted by atomic mass is 9.94. The molecule has 0 aliphatic rings. The van der Waals surface area contributed by atoms with Crippen LogP contribution in [0, 0.1) is 12.3 Å². The predicted octanol–water partition coefficient (Wildman–Crippen LogP) is 2.33. The third-order valence-corrected chi connectivity index (χ3v) is 2.65. The molecule has 0 aromatic heterocycles. The van der Waals surface area contributed by atoms with Crippen molar-refractivity contribution in [2.24, 2.45) is 11.1 Å². The van der Waals surface area contributed by atoms with Gasteiger partial charge < -0.3 is 10.6 Å². The molecule has 0 spiro atoms. The second-order valence-corrected chi connectivity index (χ2v) is 5.28. The fourth-order valence-electron chi connectivity index (χ4n) is 1.73. The molecule has 0 bridgehead atoms. The van der Waals surface area contributed by atoms with Crippen molar-refractivity contribution in [1.82, 2.24) is 0 Å². The number of benzene rings is 1. The lowest BCUT2D eigenvalue weighted by Gasteiger charge is -2.30. The molecular weight excluding hydrogens is 212 g/mol. The molecule has 0 saturated carbocycles. The summed E-state index contributed by atoms with van der Waals surface area (Å²) in [5, 5.41) is 0. The van der Waals surface area contributed by atoms with Gasteiger partial charge in [0.15, 0.2) is 0 Å². The van der Waals surface area contributed by atoms with E-state index in [4.69, 9.17) is 5.73 Å². The van der Waals surface area contributed by atoms with Gasteiger partial charge in [-0.3, -0.25) is 4.79 Å². The minimum atomic E-state index is -0.391. The van der Waals surface area contributed by atoms with Gasteiger partial charge in [0.1, 0.15) is 0 Å². The number of hydrogen-bond donors (Lipinski definition) is 1. The number of carbonyl (C=O) groups is 1. The van der Waals surface area contributed by atoms with Crippen molar-refractivity contribution in [3.05, 3.63) is 29.8 Å². The number of anilines is 1. The molecule has 0 radical (unpaired) electrons. The van der Waals surface area contributed by atoms with E-state index in [0.29, 0.717) is 13.1 Å². The lowest BCUT2D eigenvalue weighted by Crippen LogP contribution is -2.42. The number of nitrogens with zero attached hydrogens (tertiary/aromatic N) is 1. The highest BCUT2D eigenvalue weighted by Gasteiger charge is 2.28. The van der Waals surface area contributed by atoms with E-state index in [1.54, 1.807) is 4.90 Å². The van der Waals surface area contributed by atoms with E-state index in [-0.39, 0.29) is 5.91 Å². The highest BCUT2D eigenvalue weighted by atomic mass is 16.2. The van der Waals surface area contributed by atoms with E-state index in [0.717, 1.165) is 11.3 Å². The summed E-state index contributed by atoms with van der Waals surface area (Å²) in [6.45, 7) is 8.82. The number of hydrogen-bond acceptors (Lipinski definition) is 2. The van der Waals surface area contributed by atoms with Gasteiger partial charge in [-0.25, -0.2) is 0 Å². The summed E-state index contributed by atoms with van der Waals surface area (Å²) in [4.78, 5) is 14.2. The van der Waals surface area contributed by atoms with Gasteiger partial charge in [-0.05, 0) is 18.6 Å². The van der Waals surface area contributed by atoms with Gasteiger partial charge in [-0.2, -0.15) is 0 Å². The third-order valence-electron chi connectivity index (χ3n) is 2.65. The first-order valence-electron chi connectivity index (χ1n) is 5.95. The van der Waals surface area contributed by atoms with Crippen LogP contribution in [-0.4, -0.2) is 19.0 Å². The fourth-order valence-corrected chi connectivity index (χ4v) is 1.73. The minimum Gasteiger partial charge on any atom is -0.329 e. The van der Waals surface area contributed by atoms with E-state index in [1.807, 2.05) is 52.0 Å². The van der Waals surface area contributed by atoms with Crippen LogP contribution in [0.4, 0.5) is 5.69 Å². The van der Waals surface area contributed by atoms with E-state index in [1.165, 1.54) is 0 Å². The maximum Gasteiger partial charge on any atom is 0.232 e. The molecule has 1 amide bonds. The Bertz CT molecular complexity index is 393. The van der Waals surface area contributed by atoms with Crippen LogP contribution in [0.25, 0.3) is 0 Å². The van der Waals surface area contributed by atoms with Gasteiger partial charge in [-0.15, -0.1) is 0 Å². The first kappa shape index (κ1) is 13.7. The van der Waals surface area contributed by atoms with Gasteiger partial charge in [0.2, 0.25) is 5.91 Å². The average Bonchev–Trinajstić information content (AvgIpc) is 2.25. The van der Waals surface area contributed by atoms with Crippen molar-refractivity contribution < 1.29 is 4.79 Å². The summed E-state index contributed by atoms with van der Waals surface area (Å²) in [5.74, 6) is 0.109. The summed E-state index contributed by atoms with van der Waals surface area (Å²) < 4.78 is 0. The van der Waals surface area contributed by atoms with Crippen LogP contribution in [0.2, 0.25) is 0 Å². The third kappa shape index (κ3) is 3.30. The SMILES string of the molecule is Cc1ccccc1N(CCN)C(=O)C(C)(C)C. The van der Waals surface area contributed by atoms with Crippen LogP contribution < -0.4 is 10.6 Å². The topological polar surface area (TPSA) is 46.3 Å². The van der Waals surface area contributed by atoms with Crippen molar-refractivity contribution in [2.45, 2.75) is 27.7 Å². The van der Waals surface area contributed by atoms with E-state index in [2.05, 4.69) is 0 Å². The Balaban J connectivity index is 3.10. The first-order valence-corrected chi connectivity index (χ1v) is 5.95. The molecule has 94 valence electrons. The van der Waals surface area contributed by atoms with Crippen LogP contribution in [0.15, 0.2) is 24.3 Å². The van der Waals surface area contributed by atoms with Crippen LogP contribution >= 0.6 is 0 Å². The number of nitrogens with two attached hydrogens (primary N) is 1. The molecule has 0 saturated heterocycles. The van der Waals surface area contributed by atoms with Gasteiger partial charge >= 0.3 is 0 Å². The summed E-state index contributed by atoms with van der Waals surface area (Å²) in [6, 6.07) is 7.90. The highest BCUT2D eigenvalue weighted by molar-refractivity contribution is 5.97. The predicted molar refractivity (Wildman–Crippen MR) is 72.0 cm³/mol. The Labute approximate surface area is 104 Å². The molecule has 1 aromatic carbocycles. The Hall–Kier alpha value is -1.35. The zero-order valence-corrected chi connectivity index (χ0v) is 11.2. The van der Waals surface area contributed by atoms with Gasteiger partial charge in [0.25, 0.3) is 0 Å². The van der Waals surface area contributed by atoms with Crippen LogP contribution in [-0.2, 0) is 4.79 Å². The number of aryl methyl sites for hydroxylation is 1. The maximum atomic E-state index is 12.4. The van der Waals surface area contributed by atoms with Crippen molar-refractivity contribution in [1.29, 1.82) is 0 Å². The van der Waals surface area contributed by atoms with Gasteiger partial charge in [0, 0.05) is 24.2 Å². The lowest BCUT2D eigenvalue weighted by molar-refractivity contribution is -0.125. The number of rotatable bonds is 3. The van der Waals surface area contributed by atoms with Crippen molar-refractivity contribution in [2.75, 3.05) is 18.0 Å². The number of para-hydroxylation sites is 1. The Morgan fingerprint density at radius 1 is 1.29 bits per heavy atom. The number of carbonyl (C=O) groups excluding carboxylic acids is 1. The van der Waals surface area contributed by atoms with Crippen molar-refractivity contribution in [3.8, 4) is 0 Å². The van der Waals surface area contributed by atoms with E-state index >= 15 is 0 Å². The van der Waals surface area contributed by atoms with Crippen molar-refractivity contribution >= 4 is 11.6 Å². The molecule has 1 aromatic rings. The van der Waals surface area contributed by atoms with Crippen molar-refractivity contribution in [3.63, 3.8) is 0 Å². The molecule has 0 unspecified atom stereocenters. The zero-order chi connectivity index (χ0) is 13.1. The summed E-state index contributed by atoms with van der Waals surface area (Å²) >= 11 is 0. The van der Waals surface area contributed by atoms with Crippen LogP contribution in [0.3, 0.4) is 0 Å². The number of amides is 1. The molecule has 0 aliphatic heterocycles. The molecule has 3 heteroatoms. The normalized spacial score (nSPS) is 11.4. The quantitative estimate of drug-likeness (QED) is 0.872. The Morgan fingerprint density at radius 2 is 1.88 bits per heavy atom. The summed E-state index contributed by atoms with van der Waals surface area (Å²) in [6.07, 6.45) is 0. The molecule has 2 N–H and O–H groups in total. The first-order chi connectivity index (χ1) is 7.88. The molecular formula is C14H22N2O. The Morgan fingerprint density at radius 3 is 2.35 bits per heavy atom. The Kier molecular flexibility index (Phi) is 4.29. The second-order valence-electron chi connectivity index (χ2n) is 5.28. The smallest absolute Gasteiger partial charge is 0.232 e. The van der Waals surface area contributed by atoms with E-state index < -0.39 is 5.41 Å².